The number of amides is 3. The van der Waals surface area contributed by atoms with Gasteiger partial charge in [-0.05, 0) is 61.0 Å². The lowest BCUT2D eigenvalue weighted by atomic mass is 10.0. The van der Waals surface area contributed by atoms with Gasteiger partial charge < -0.3 is 14.5 Å². The predicted molar refractivity (Wildman–Crippen MR) is 130 cm³/mol. The van der Waals surface area contributed by atoms with E-state index >= 15 is 0 Å². The van der Waals surface area contributed by atoms with Gasteiger partial charge in [-0.15, -0.1) is 0 Å². The summed E-state index contributed by atoms with van der Waals surface area (Å²) in [5, 5.41) is 2.94. The molecule has 36 heavy (non-hydrogen) atoms. The molecule has 1 N–H and O–H groups in total. The number of pyridine rings is 1. The van der Waals surface area contributed by atoms with E-state index < -0.39 is 11.8 Å². The van der Waals surface area contributed by atoms with Crippen molar-refractivity contribution in [3.8, 4) is 5.75 Å². The first-order valence-corrected chi connectivity index (χ1v) is 11.4. The van der Waals surface area contributed by atoms with Crippen molar-refractivity contribution in [3.63, 3.8) is 0 Å². The van der Waals surface area contributed by atoms with Crippen LogP contribution < -0.4 is 10.1 Å². The summed E-state index contributed by atoms with van der Waals surface area (Å²) in [6.45, 7) is 2.33. The van der Waals surface area contributed by atoms with Crippen LogP contribution in [0, 0.1) is 0 Å². The third-order valence-electron chi connectivity index (χ3n) is 5.98. The van der Waals surface area contributed by atoms with E-state index in [0.29, 0.717) is 23.7 Å². The maximum absolute atomic E-state index is 12.9. The van der Waals surface area contributed by atoms with E-state index in [4.69, 9.17) is 9.15 Å². The number of carbonyl (C=O) groups is 3. The van der Waals surface area contributed by atoms with Crippen LogP contribution in [0.4, 0.5) is 0 Å². The van der Waals surface area contributed by atoms with Gasteiger partial charge >= 0.3 is 0 Å². The molecule has 1 aliphatic heterocycles. The lowest BCUT2D eigenvalue weighted by Gasteiger charge is -2.15. The minimum absolute atomic E-state index is 0.0415. The molecule has 1 unspecified atom stereocenters. The molecule has 2 aromatic heterocycles. The SMILES string of the molecule is CC(NC(=O)c1ccc2c(c1)C(=O)N(Cc1ccco1)C2=O)c1ccc(OCc2cccnc2)cc1. The molecule has 0 saturated carbocycles. The number of fused-ring (bicyclic) bond motifs is 1. The zero-order valence-corrected chi connectivity index (χ0v) is 19.5. The van der Waals surface area contributed by atoms with Crippen LogP contribution in [0.25, 0.3) is 0 Å². The first-order valence-electron chi connectivity index (χ1n) is 11.4. The van der Waals surface area contributed by atoms with Crippen molar-refractivity contribution in [1.82, 2.24) is 15.2 Å². The van der Waals surface area contributed by atoms with Gasteiger partial charge in [-0.25, -0.2) is 0 Å². The van der Waals surface area contributed by atoms with Crippen LogP contribution >= 0.6 is 0 Å². The van der Waals surface area contributed by atoms with Gasteiger partial charge in [0.05, 0.1) is 30.0 Å². The van der Waals surface area contributed by atoms with E-state index in [0.717, 1.165) is 16.0 Å². The number of furan rings is 1. The number of hydrogen-bond acceptors (Lipinski definition) is 6. The second-order valence-electron chi connectivity index (χ2n) is 8.45. The van der Waals surface area contributed by atoms with Gasteiger partial charge in [-0.1, -0.05) is 18.2 Å². The fraction of sp³-hybridized carbons (Fsp3) is 0.143. The minimum atomic E-state index is -0.448. The summed E-state index contributed by atoms with van der Waals surface area (Å²) < 4.78 is 11.0. The van der Waals surface area contributed by atoms with Gasteiger partial charge in [0.25, 0.3) is 17.7 Å². The van der Waals surface area contributed by atoms with E-state index in [1.165, 1.54) is 18.4 Å². The van der Waals surface area contributed by atoms with Gasteiger partial charge in [0.1, 0.15) is 18.1 Å². The zero-order valence-electron chi connectivity index (χ0n) is 19.5. The number of imide groups is 1. The van der Waals surface area contributed by atoms with Crippen LogP contribution in [0.2, 0.25) is 0 Å². The molecule has 2 aromatic carbocycles. The highest BCUT2D eigenvalue weighted by molar-refractivity contribution is 6.22. The molecule has 180 valence electrons. The molecular weight excluding hydrogens is 458 g/mol. The second-order valence-corrected chi connectivity index (χ2v) is 8.45. The third kappa shape index (κ3) is 4.74. The van der Waals surface area contributed by atoms with E-state index in [9.17, 15) is 14.4 Å². The first-order chi connectivity index (χ1) is 17.5. The quantitative estimate of drug-likeness (QED) is 0.371. The smallest absolute Gasteiger partial charge is 0.261 e. The fourth-order valence-electron chi connectivity index (χ4n) is 4.00. The minimum Gasteiger partial charge on any atom is -0.489 e. The Hall–Kier alpha value is -4.72. The molecule has 8 nitrogen and oxygen atoms in total. The first kappa shape index (κ1) is 23.0. The number of rotatable bonds is 8. The molecule has 0 bridgehead atoms. The molecule has 8 heteroatoms. The van der Waals surface area contributed by atoms with Gasteiger partial charge in [0, 0.05) is 23.5 Å². The Morgan fingerprint density at radius 1 is 1.03 bits per heavy atom. The van der Waals surface area contributed by atoms with Crippen molar-refractivity contribution in [1.29, 1.82) is 0 Å². The number of nitrogens with zero attached hydrogens (tertiary/aromatic N) is 2. The summed E-state index contributed by atoms with van der Waals surface area (Å²) >= 11 is 0. The summed E-state index contributed by atoms with van der Waals surface area (Å²) in [4.78, 5) is 43.6. The van der Waals surface area contributed by atoms with Crippen LogP contribution in [0.15, 0.2) is 89.8 Å². The zero-order chi connectivity index (χ0) is 25.1. The molecule has 5 rings (SSSR count). The Bertz CT molecular complexity index is 1400. The molecule has 3 heterocycles. The molecule has 0 spiro atoms. The van der Waals surface area contributed by atoms with Gasteiger partial charge in [0.15, 0.2) is 0 Å². The summed E-state index contributed by atoms with van der Waals surface area (Å²) in [5.41, 5.74) is 2.66. The highest BCUT2D eigenvalue weighted by Gasteiger charge is 2.36. The van der Waals surface area contributed by atoms with E-state index in [2.05, 4.69) is 10.3 Å². The van der Waals surface area contributed by atoms with Crippen molar-refractivity contribution in [3.05, 3.63) is 119 Å². The normalized spacial score (nSPS) is 13.4. The summed E-state index contributed by atoms with van der Waals surface area (Å²) in [7, 11) is 0. The molecule has 1 aliphatic rings. The van der Waals surface area contributed by atoms with E-state index in [1.54, 1.807) is 30.6 Å². The molecule has 4 aromatic rings. The number of nitrogens with one attached hydrogen (secondary N) is 1. The predicted octanol–water partition coefficient (Wildman–Crippen LogP) is 4.54. The van der Waals surface area contributed by atoms with Gasteiger partial charge in [-0.3, -0.25) is 24.3 Å². The lowest BCUT2D eigenvalue weighted by Crippen LogP contribution is -2.29. The van der Waals surface area contributed by atoms with Gasteiger partial charge in [0.2, 0.25) is 0 Å². The number of ether oxygens (including phenoxy) is 1. The Labute approximate surface area is 207 Å². The van der Waals surface area contributed by atoms with Crippen LogP contribution in [0.3, 0.4) is 0 Å². The maximum Gasteiger partial charge on any atom is 0.261 e. The van der Waals surface area contributed by atoms with Crippen LogP contribution in [-0.2, 0) is 13.2 Å². The second kappa shape index (κ2) is 9.87. The van der Waals surface area contributed by atoms with Crippen molar-refractivity contribution in [2.75, 3.05) is 0 Å². The Morgan fingerprint density at radius 2 is 1.83 bits per heavy atom. The van der Waals surface area contributed by atoms with Gasteiger partial charge in [-0.2, -0.15) is 0 Å². The summed E-state index contributed by atoms with van der Waals surface area (Å²) in [5.74, 6) is 0.0206. The van der Waals surface area contributed by atoms with Crippen LogP contribution in [-0.4, -0.2) is 27.6 Å². The molecule has 0 radical (unpaired) electrons. The average Bonchev–Trinajstić information content (AvgIpc) is 3.51. The van der Waals surface area contributed by atoms with Crippen molar-refractivity contribution >= 4 is 17.7 Å². The highest BCUT2D eigenvalue weighted by Crippen LogP contribution is 2.26. The Kier molecular flexibility index (Phi) is 6.32. The summed E-state index contributed by atoms with van der Waals surface area (Å²) in [6, 6.07) is 18.9. The molecule has 3 amide bonds. The van der Waals surface area contributed by atoms with E-state index in [1.807, 2.05) is 43.3 Å². The summed E-state index contributed by atoms with van der Waals surface area (Å²) in [6.07, 6.45) is 4.95. The number of carbonyl (C=O) groups excluding carboxylic acids is 3. The monoisotopic (exact) mass is 481 g/mol. The Morgan fingerprint density at radius 3 is 2.56 bits per heavy atom. The van der Waals surface area contributed by atoms with Crippen molar-refractivity contribution < 1.29 is 23.5 Å². The third-order valence-corrected chi connectivity index (χ3v) is 5.98. The molecule has 0 aliphatic carbocycles. The van der Waals surface area contributed by atoms with Crippen molar-refractivity contribution in [2.24, 2.45) is 0 Å². The number of hydrogen-bond donors (Lipinski definition) is 1. The molecule has 0 fully saturated rings. The molecule has 1 atom stereocenters. The van der Waals surface area contributed by atoms with Crippen molar-refractivity contribution in [2.45, 2.75) is 26.1 Å². The van der Waals surface area contributed by atoms with E-state index in [-0.39, 0.29) is 29.6 Å². The number of aromatic nitrogens is 1. The molecule has 0 saturated heterocycles. The fourth-order valence-corrected chi connectivity index (χ4v) is 4.00. The van der Waals surface area contributed by atoms with Crippen LogP contribution in [0.5, 0.6) is 5.75 Å². The lowest BCUT2D eigenvalue weighted by molar-refractivity contribution is 0.0631. The average molecular weight is 482 g/mol. The number of benzene rings is 2. The Balaban J connectivity index is 1.22. The topological polar surface area (TPSA) is 102 Å². The largest absolute Gasteiger partial charge is 0.489 e. The highest BCUT2D eigenvalue weighted by atomic mass is 16.5. The standard InChI is InChI=1S/C28H23N3O5/c1-18(20-6-9-22(10-7-20)36-17-19-4-2-12-29-15-19)30-26(32)21-8-11-24-25(14-21)28(34)31(27(24)33)16-23-5-3-13-35-23/h2-15,18H,16-17H2,1H3,(H,30,32). The maximum atomic E-state index is 12.9. The van der Waals surface area contributed by atoms with Crippen LogP contribution in [0.1, 0.15) is 60.9 Å². The molecular formula is C28H23N3O5.